The van der Waals surface area contributed by atoms with Gasteiger partial charge < -0.3 is 19.9 Å². The third-order valence-electron chi connectivity index (χ3n) is 8.57. The maximum Gasteiger partial charge on any atom is 0.243 e. The maximum absolute atomic E-state index is 13.2. The second kappa shape index (κ2) is 20.0. The summed E-state index contributed by atoms with van der Waals surface area (Å²) in [7, 11) is 5.04. The highest BCUT2D eigenvalue weighted by atomic mass is 32.2. The lowest BCUT2D eigenvalue weighted by Gasteiger charge is -2.37. The topological polar surface area (TPSA) is 116 Å². The van der Waals surface area contributed by atoms with Crippen LogP contribution in [0.1, 0.15) is 99.3 Å². The number of carbonyl (C=O) groups excluding carboxylic acids is 5. The maximum atomic E-state index is 13.2. The summed E-state index contributed by atoms with van der Waals surface area (Å²) in [5.74, 6) is 0.0588. The number of ether oxygens (including phenoxy) is 1. The molecule has 0 aromatic carbocycles. The second-order valence-corrected chi connectivity index (χ2v) is 13.4. The molecule has 1 fully saturated rings. The van der Waals surface area contributed by atoms with Crippen LogP contribution in [0.2, 0.25) is 0 Å². The van der Waals surface area contributed by atoms with Crippen molar-refractivity contribution < 1.29 is 28.7 Å². The predicted octanol–water partition coefficient (Wildman–Crippen LogP) is 4.10. The van der Waals surface area contributed by atoms with Crippen LogP contribution in [0.3, 0.4) is 0 Å². The quantitative estimate of drug-likeness (QED) is 0.151. The van der Waals surface area contributed by atoms with Crippen molar-refractivity contribution in [2.75, 3.05) is 40.0 Å². The van der Waals surface area contributed by atoms with Gasteiger partial charge in [-0.1, -0.05) is 60.8 Å². The van der Waals surface area contributed by atoms with Gasteiger partial charge in [-0.05, 0) is 43.3 Å². The number of unbranched alkanes of at least 4 members (excludes halogenated alkanes) is 3. The average molecular weight is 627 g/mol. The molecule has 0 saturated carbocycles. The van der Waals surface area contributed by atoms with E-state index in [1.807, 2.05) is 20.8 Å². The van der Waals surface area contributed by atoms with Crippen LogP contribution in [0.15, 0.2) is 0 Å². The standard InChI is InChI=1S/C32H58N4O6S/c1-10-13-19-43-25-20-27(38)36(32(25)41)18-16-14-15-17-26(37)34(7)29(22(4)5)31(40)33-21-28(39)35(8)30(23(6)11-2)24(12-3)42-9/h22-25,29-30H,10-21H2,1-9H3,(H,33,40). The molecule has 0 bridgehead atoms. The van der Waals surface area contributed by atoms with Crippen LogP contribution in [0.4, 0.5) is 0 Å². The minimum Gasteiger partial charge on any atom is -0.379 e. The summed E-state index contributed by atoms with van der Waals surface area (Å²) < 4.78 is 5.65. The van der Waals surface area contributed by atoms with Crippen molar-refractivity contribution >= 4 is 41.3 Å². The molecule has 11 heteroatoms. The first kappa shape index (κ1) is 38.9. The predicted molar refractivity (Wildman–Crippen MR) is 172 cm³/mol. The van der Waals surface area contributed by atoms with Crippen molar-refractivity contribution in [3.63, 3.8) is 0 Å². The van der Waals surface area contributed by atoms with Crippen LogP contribution in [0.25, 0.3) is 0 Å². The van der Waals surface area contributed by atoms with Gasteiger partial charge in [0.05, 0.1) is 23.9 Å². The minimum absolute atomic E-state index is 0.0864. The number of likely N-dealkylation sites (N-methyl/N-ethyl adjacent to an activating group) is 2. The first-order valence-corrected chi connectivity index (χ1v) is 17.2. The van der Waals surface area contributed by atoms with Gasteiger partial charge in [-0.2, -0.15) is 0 Å². The van der Waals surface area contributed by atoms with E-state index in [4.69, 9.17) is 4.74 Å². The van der Waals surface area contributed by atoms with Crippen LogP contribution in [0, 0.1) is 11.8 Å². The Morgan fingerprint density at radius 1 is 0.977 bits per heavy atom. The van der Waals surface area contributed by atoms with Crippen molar-refractivity contribution in [2.24, 2.45) is 11.8 Å². The summed E-state index contributed by atoms with van der Waals surface area (Å²) in [4.78, 5) is 68.7. The highest BCUT2D eigenvalue weighted by molar-refractivity contribution is 8.00. The zero-order chi connectivity index (χ0) is 32.7. The normalized spacial score (nSPS) is 18.0. The molecule has 1 aliphatic rings. The molecule has 1 heterocycles. The number of methoxy groups -OCH3 is 1. The molecular weight excluding hydrogens is 568 g/mol. The van der Waals surface area contributed by atoms with Gasteiger partial charge in [-0.3, -0.25) is 28.9 Å². The van der Waals surface area contributed by atoms with Gasteiger partial charge in [0.1, 0.15) is 6.04 Å². The molecule has 0 aliphatic carbocycles. The average Bonchev–Trinajstić information content (AvgIpc) is 3.24. The lowest BCUT2D eigenvalue weighted by molar-refractivity contribution is -0.142. The van der Waals surface area contributed by atoms with E-state index in [2.05, 4.69) is 26.1 Å². The van der Waals surface area contributed by atoms with Gasteiger partial charge in [0.25, 0.3) is 0 Å². The Bertz CT molecular complexity index is 912. The summed E-state index contributed by atoms with van der Waals surface area (Å²) in [6.45, 7) is 12.3. The van der Waals surface area contributed by atoms with Gasteiger partial charge in [-0.25, -0.2) is 0 Å². The van der Waals surface area contributed by atoms with Crippen LogP contribution in [-0.4, -0.2) is 108 Å². The monoisotopic (exact) mass is 626 g/mol. The van der Waals surface area contributed by atoms with Crippen LogP contribution in [-0.2, 0) is 28.7 Å². The van der Waals surface area contributed by atoms with Gasteiger partial charge >= 0.3 is 0 Å². The molecule has 1 saturated heterocycles. The van der Waals surface area contributed by atoms with E-state index < -0.39 is 6.04 Å². The van der Waals surface area contributed by atoms with E-state index in [9.17, 15) is 24.0 Å². The molecule has 0 aromatic rings. The number of carbonyl (C=O) groups is 5. The van der Waals surface area contributed by atoms with Crippen LogP contribution >= 0.6 is 11.8 Å². The first-order chi connectivity index (χ1) is 20.4. The smallest absolute Gasteiger partial charge is 0.243 e. The Labute approximate surface area is 264 Å². The summed E-state index contributed by atoms with van der Waals surface area (Å²) in [6.07, 6.45) is 6.13. The molecule has 10 nitrogen and oxygen atoms in total. The summed E-state index contributed by atoms with van der Waals surface area (Å²) >= 11 is 1.57. The molecule has 0 spiro atoms. The number of imide groups is 1. The number of hydrogen-bond donors (Lipinski definition) is 1. The zero-order valence-corrected chi connectivity index (χ0v) is 29.0. The lowest BCUT2D eigenvalue weighted by Crippen LogP contribution is -2.54. The summed E-state index contributed by atoms with van der Waals surface area (Å²) in [6, 6.07) is -0.817. The second-order valence-electron chi connectivity index (χ2n) is 12.1. The summed E-state index contributed by atoms with van der Waals surface area (Å²) in [5.41, 5.74) is 0. The van der Waals surface area contributed by atoms with Crippen molar-refractivity contribution in [1.29, 1.82) is 0 Å². The van der Waals surface area contributed by atoms with E-state index in [1.165, 1.54) is 9.80 Å². The molecule has 43 heavy (non-hydrogen) atoms. The fourth-order valence-electron chi connectivity index (χ4n) is 5.71. The van der Waals surface area contributed by atoms with Gasteiger partial charge in [0, 0.05) is 40.6 Å². The molecule has 0 aromatic heterocycles. The Morgan fingerprint density at radius 3 is 2.21 bits per heavy atom. The van der Waals surface area contributed by atoms with Crippen molar-refractivity contribution in [1.82, 2.24) is 20.0 Å². The lowest BCUT2D eigenvalue weighted by atomic mass is 9.91. The van der Waals surface area contributed by atoms with Gasteiger partial charge in [0.2, 0.25) is 29.5 Å². The molecule has 248 valence electrons. The number of likely N-dealkylation sites (tertiary alicyclic amines) is 1. The van der Waals surface area contributed by atoms with Crippen molar-refractivity contribution in [3.05, 3.63) is 0 Å². The van der Waals surface area contributed by atoms with Gasteiger partial charge in [-0.15, -0.1) is 11.8 Å². The molecular formula is C32H58N4O6S. The fourth-order valence-corrected chi connectivity index (χ4v) is 6.98. The third-order valence-corrected chi connectivity index (χ3v) is 9.87. The number of hydrogen-bond acceptors (Lipinski definition) is 7. The van der Waals surface area contributed by atoms with E-state index in [-0.39, 0.29) is 78.2 Å². The molecule has 0 radical (unpaired) electrons. The highest BCUT2D eigenvalue weighted by Crippen LogP contribution is 2.26. The number of rotatable bonds is 21. The SMILES string of the molecule is CCCCSC1CC(=O)N(CCCCCC(=O)N(C)C(C(=O)NCC(=O)N(C)C(C(C)CC)C(CC)OC)C(C)C)C1=O. The first-order valence-electron chi connectivity index (χ1n) is 16.1. The van der Waals surface area contributed by atoms with Crippen molar-refractivity contribution in [2.45, 2.75) is 123 Å². The van der Waals surface area contributed by atoms with Crippen molar-refractivity contribution in [3.8, 4) is 0 Å². The number of amides is 5. The Kier molecular flexibility index (Phi) is 18.1. The molecule has 5 amide bonds. The molecule has 1 N–H and O–H groups in total. The largest absolute Gasteiger partial charge is 0.379 e. The minimum atomic E-state index is -0.708. The number of nitrogens with zero attached hydrogens (tertiary/aromatic N) is 3. The van der Waals surface area contributed by atoms with Gasteiger partial charge in [0.15, 0.2) is 0 Å². The summed E-state index contributed by atoms with van der Waals surface area (Å²) in [5, 5.41) is 2.51. The van der Waals surface area contributed by atoms with E-state index >= 15 is 0 Å². The van der Waals surface area contributed by atoms with Crippen LogP contribution < -0.4 is 5.32 Å². The number of thioether (sulfide) groups is 1. The molecule has 1 rings (SSSR count). The van der Waals surface area contributed by atoms with E-state index in [0.717, 1.165) is 31.4 Å². The number of nitrogens with one attached hydrogen (secondary N) is 1. The Morgan fingerprint density at radius 2 is 1.65 bits per heavy atom. The Hall–Kier alpha value is -2.14. The van der Waals surface area contributed by atoms with E-state index in [0.29, 0.717) is 25.8 Å². The zero-order valence-electron chi connectivity index (χ0n) is 28.1. The van der Waals surface area contributed by atoms with Crippen LogP contribution in [0.5, 0.6) is 0 Å². The molecule has 5 atom stereocenters. The Balaban J connectivity index is 2.60. The third kappa shape index (κ3) is 11.7. The van der Waals surface area contributed by atoms with E-state index in [1.54, 1.807) is 37.9 Å². The fraction of sp³-hybridized carbons (Fsp3) is 0.844. The highest BCUT2D eigenvalue weighted by Gasteiger charge is 2.38. The molecule has 1 aliphatic heterocycles. The molecule has 5 unspecified atom stereocenters.